The van der Waals surface area contributed by atoms with Crippen LogP contribution < -0.4 is 10.6 Å². The lowest BCUT2D eigenvalue weighted by molar-refractivity contribution is 0.0505. The van der Waals surface area contributed by atoms with Crippen LogP contribution in [0, 0.1) is 0 Å². The molecule has 0 radical (unpaired) electrons. The summed E-state index contributed by atoms with van der Waals surface area (Å²) in [6.07, 6.45) is 2.39. The molecule has 0 bridgehead atoms. The lowest BCUT2D eigenvalue weighted by atomic mass is 10.1. The highest BCUT2D eigenvalue weighted by atomic mass is 16.6. The standard InChI is InChI=1S/C18H28N2O3/c1-18(2,3)23-17(22)20-15-10-9-14(11-15)19-16(12-21)13-7-5-4-6-8-13/h4-8,14-16,19,21H,9-12H2,1-3H3,(H,20,22)/t14?,15?,16-/m0/s1. The van der Waals surface area contributed by atoms with Gasteiger partial charge in [0.15, 0.2) is 0 Å². The van der Waals surface area contributed by atoms with E-state index in [0.29, 0.717) is 0 Å². The molecular weight excluding hydrogens is 292 g/mol. The average molecular weight is 320 g/mol. The maximum atomic E-state index is 11.8. The van der Waals surface area contributed by atoms with Gasteiger partial charge in [0.1, 0.15) is 5.60 Å². The normalized spacial score (nSPS) is 22.6. The smallest absolute Gasteiger partial charge is 0.407 e. The number of aliphatic hydroxyl groups is 1. The highest BCUT2D eigenvalue weighted by Crippen LogP contribution is 2.23. The summed E-state index contributed by atoms with van der Waals surface area (Å²) in [6, 6.07) is 10.3. The molecule has 3 atom stereocenters. The second kappa shape index (κ2) is 7.79. The molecule has 1 aromatic carbocycles. The van der Waals surface area contributed by atoms with Gasteiger partial charge >= 0.3 is 6.09 Å². The molecule has 1 saturated carbocycles. The Kier molecular flexibility index (Phi) is 6.02. The first kappa shape index (κ1) is 17.8. The number of rotatable bonds is 5. The molecule has 5 nitrogen and oxygen atoms in total. The molecule has 1 amide bonds. The van der Waals surface area contributed by atoms with Crippen LogP contribution in [0.4, 0.5) is 4.79 Å². The van der Waals surface area contributed by atoms with Gasteiger partial charge < -0.3 is 20.5 Å². The molecule has 23 heavy (non-hydrogen) atoms. The average Bonchev–Trinajstić information content (AvgIpc) is 2.90. The fourth-order valence-corrected chi connectivity index (χ4v) is 2.96. The minimum atomic E-state index is -0.477. The van der Waals surface area contributed by atoms with E-state index < -0.39 is 5.60 Å². The maximum absolute atomic E-state index is 11.8. The molecule has 5 heteroatoms. The van der Waals surface area contributed by atoms with E-state index in [2.05, 4.69) is 10.6 Å². The molecule has 1 aromatic rings. The van der Waals surface area contributed by atoms with Crippen LogP contribution in [-0.2, 0) is 4.74 Å². The van der Waals surface area contributed by atoms with Crippen molar-refractivity contribution in [2.75, 3.05) is 6.61 Å². The van der Waals surface area contributed by atoms with Crippen LogP contribution in [0.15, 0.2) is 30.3 Å². The van der Waals surface area contributed by atoms with Crippen molar-refractivity contribution in [1.29, 1.82) is 0 Å². The minimum Gasteiger partial charge on any atom is -0.444 e. The summed E-state index contributed by atoms with van der Waals surface area (Å²) in [7, 11) is 0. The molecule has 0 aliphatic heterocycles. The summed E-state index contributed by atoms with van der Waals surface area (Å²) in [5.74, 6) is 0. The molecule has 0 heterocycles. The van der Waals surface area contributed by atoms with Gasteiger partial charge in [-0.15, -0.1) is 0 Å². The molecule has 1 aliphatic carbocycles. The van der Waals surface area contributed by atoms with Crippen molar-refractivity contribution in [3.05, 3.63) is 35.9 Å². The molecule has 3 N–H and O–H groups in total. The first-order valence-electron chi connectivity index (χ1n) is 8.29. The Morgan fingerprint density at radius 3 is 2.52 bits per heavy atom. The lowest BCUT2D eigenvalue weighted by Crippen LogP contribution is -2.39. The van der Waals surface area contributed by atoms with Gasteiger partial charge in [0, 0.05) is 12.1 Å². The van der Waals surface area contributed by atoms with Gasteiger partial charge in [-0.2, -0.15) is 0 Å². The van der Waals surface area contributed by atoms with Gasteiger partial charge in [-0.3, -0.25) is 0 Å². The molecular formula is C18H28N2O3. The van der Waals surface area contributed by atoms with Crippen LogP contribution in [0.3, 0.4) is 0 Å². The molecule has 128 valence electrons. The van der Waals surface area contributed by atoms with E-state index in [1.807, 2.05) is 51.1 Å². The number of benzene rings is 1. The van der Waals surface area contributed by atoms with Gasteiger partial charge in [0.05, 0.1) is 12.6 Å². The third-order valence-electron chi connectivity index (χ3n) is 3.97. The third kappa shape index (κ3) is 5.84. The van der Waals surface area contributed by atoms with Crippen LogP contribution in [0.2, 0.25) is 0 Å². The number of hydrogen-bond donors (Lipinski definition) is 3. The zero-order valence-electron chi connectivity index (χ0n) is 14.2. The van der Waals surface area contributed by atoms with Crippen molar-refractivity contribution >= 4 is 6.09 Å². The second-order valence-corrected chi connectivity index (χ2v) is 7.17. The SMILES string of the molecule is CC(C)(C)OC(=O)NC1CCC(N[C@@H](CO)c2ccccc2)C1. The number of nitrogens with one attached hydrogen (secondary N) is 2. The number of carbonyl (C=O) groups excluding carboxylic acids is 1. The van der Waals surface area contributed by atoms with Crippen molar-refractivity contribution in [2.24, 2.45) is 0 Å². The number of alkyl carbamates (subject to hydrolysis) is 1. The highest BCUT2D eigenvalue weighted by Gasteiger charge is 2.29. The summed E-state index contributed by atoms with van der Waals surface area (Å²) < 4.78 is 5.30. The van der Waals surface area contributed by atoms with E-state index >= 15 is 0 Å². The maximum Gasteiger partial charge on any atom is 0.407 e. The van der Waals surface area contributed by atoms with Crippen molar-refractivity contribution in [1.82, 2.24) is 10.6 Å². The number of ether oxygens (including phenoxy) is 1. The first-order chi connectivity index (χ1) is 10.9. The van der Waals surface area contributed by atoms with Crippen LogP contribution in [0.5, 0.6) is 0 Å². The Morgan fingerprint density at radius 2 is 1.91 bits per heavy atom. The van der Waals surface area contributed by atoms with Crippen LogP contribution in [0.1, 0.15) is 51.6 Å². The Morgan fingerprint density at radius 1 is 1.26 bits per heavy atom. The fraction of sp³-hybridized carbons (Fsp3) is 0.611. The number of aliphatic hydroxyl groups excluding tert-OH is 1. The highest BCUT2D eigenvalue weighted by molar-refractivity contribution is 5.68. The Balaban J connectivity index is 1.82. The predicted octanol–water partition coefficient (Wildman–Crippen LogP) is 2.76. The van der Waals surface area contributed by atoms with Crippen LogP contribution >= 0.6 is 0 Å². The number of amides is 1. The lowest BCUT2D eigenvalue weighted by Gasteiger charge is -2.23. The molecule has 0 aromatic heterocycles. The fourth-order valence-electron chi connectivity index (χ4n) is 2.96. The van der Waals surface area contributed by atoms with Crippen molar-refractivity contribution in [3.63, 3.8) is 0 Å². The monoisotopic (exact) mass is 320 g/mol. The summed E-state index contributed by atoms with van der Waals surface area (Å²) in [5.41, 5.74) is 0.605. The van der Waals surface area contributed by atoms with E-state index in [-0.39, 0.29) is 30.8 Å². The van der Waals surface area contributed by atoms with Crippen molar-refractivity contribution in [3.8, 4) is 0 Å². The van der Waals surface area contributed by atoms with E-state index in [1.54, 1.807) is 0 Å². The first-order valence-corrected chi connectivity index (χ1v) is 8.29. The zero-order chi connectivity index (χ0) is 16.9. The summed E-state index contributed by atoms with van der Waals surface area (Å²) in [6.45, 7) is 5.64. The topological polar surface area (TPSA) is 70.6 Å². The molecule has 0 spiro atoms. The summed E-state index contributed by atoms with van der Waals surface area (Å²) in [4.78, 5) is 11.8. The summed E-state index contributed by atoms with van der Waals surface area (Å²) in [5, 5.41) is 16.1. The Hall–Kier alpha value is -1.59. The second-order valence-electron chi connectivity index (χ2n) is 7.17. The molecule has 2 rings (SSSR count). The largest absolute Gasteiger partial charge is 0.444 e. The quantitative estimate of drug-likeness (QED) is 0.780. The van der Waals surface area contributed by atoms with Crippen molar-refractivity contribution in [2.45, 2.75) is 63.8 Å². The zero-order valence-corrected chi connectivity index (χ0v) is 14.2. The van der Waals surface area contributed by atoms with E-state index in [1.165, 1.54) is 0 Å². The third-order valence-corrected chi connectivity index (χ3v) is 3.97. The van der Waals surface area contributed by atoms with Gasteiger partial charge in [-0.1, -0.05) is 30.3 Å². The number of hydrogen-bond acceptors (Lipinski definition) is 4. The van der Waals surface area contributed by atoms with Crippen LogP contribution in [0.25, 0.3) is 0 Å². The minimum absolute atomic E-state index is 0.0602. The van der Waals surface area contributed by atoms with Gasteiger partial charge in [-0.25, -0.2) is 4.79 Å². The van der Waals surface area contributed by atoms with Gasteiger partial charge in [0.25, 0.3) is 0 Å². The summed E-state index contributed by atoms with van der Waals surface area (Å²) >= 11 is 0. The predicted molar refractivity (Wildman–Crippen MR) is 90.2 cm³/mol. The van der Waals surface area contributed by atoms with Gasteiger partial charge in [0.2, 0.25) is 0 Å². The van der Waals surface area contributed by atoms with E-state index in [4.69, 9.17) is 4.74 Å². The molecule has 2 unspecified atom stereocenters. The van der Waals surface area contributed by atoms with Gasteiger partial charge in [-0.05, 0) is 45.6 Å². The van der Waals surface area contributed by atoms with Crippen molar-refractivity contribution < 1.29 is 14.6 Å². The van der Waals surface area contributed by atoms with Crippen LogP contribution in [-0.4, -0.2) is 35.5 Å². The Labute approximate surface area is 138 Å². The van der Waals surface area contributed by atoms with E-state index in [9.17, 15) is 9.90 Å². The van der Waals surface area contributed by atoms with E-state index in [0.717, 1.165) is 24.8 Å². The number of carbonyl (C=O) groups is 1. The molecule has 0 saturated heterocycles. The Bertz CT molecular complexity index is 499. The molecule has 1 fully saturated rings. The molecule has 1 aliphatic rings.